The fourth-order valence-corrected chi connectivity index (χ4v) is 3.29. The molecule has 4 rings (SSSR count). The number of fused-ring (bicyclic) bond motifs is 1. The Morgan fingerprint density at radius 2 is 1.94 bits per heavy atom. The summed E-state index contributed by atoms with van der Waals surface area (Å²) in [6.45, 7) is -0.443. The van der Waals surface area contributed by atoms with Crippen molar-refractivity contribution < 1.29 is 32.6 Å². The van der Waals surface area contributed by atoms with Crippen molar-refractivity contribution in [2.24, 2.45) is 0 Å². The van der Waals surface area contributed by atoms with Gasteiger partial charge in [0, 0.05) is 17.4 Å². The number of hydrogen-bond donors (Lipinski definition) is 2. The molecule has 3 N–H and O–H groups in total. The molecular formula is C19H15F3N6O4. The van der Waals surface area contributed by atoms with Crippen molar-refractivity contribution in [3.05, 3.63) is 48.0 Å². The molecule has 13 heteroatoms. The lowest BCUT2D eigenvalue weighted by Gasteiger charge is -2.20. The lowest BCUT2D eigenvalue weighted by molar-refractivity contribution is -0.142. The third kappa shape index (κ3) is 3.91. The Morgan fingerprint density at radius 1 is 1.22 bits per heavy atom. The van der Waals surface area contributed by atoms with Gasteiger partial charge in [0.05, 0.1) is 6.54 Å². The highest BCUT2D eigenvalue weighted by Crippen LogP contribution is 2.37. The zero-order valence-electron chi connectivity index (χ0n) is 16.2. The number of anilines is 2. The van der Waals surface area contributed by atoms with Crippen LogP contribution in [-0.4, -0.2) is 49.9 Å². The second kappa shape index (κ2) is 7.83. The summed E-state index contributed by atoms with van der Waals surface area (Å²) in [7, 11) is 0. The third-order valence-corrected chi connectivity index (χ3v) is 4.67. The third-order valence-electron chi connectivity index (χ3n) is 4.67. The summed E-state index contributed by atoms with van der Waals surface area (Å²) in [4.78, 5) is 32.9. The lowest BCUT2D eigenvalue weighted by Crippen LogP contribution is -2.32. The zero-order chi connectivity index (χ0) is 23.0. The standard InChI is InChI=1S/C19H15F3N6O4/c20-19(21,22)15-12(7-27(26-15)8-13(29)30)10-1-3-11(4-2-10)28-5-6-32-17-14(18(28)31)16(23)24-9-25-17/h1-4,7,9H,5-6,8H2,(H,29,30)(H2,23,24,25). The van der Waals surface area contributed by atoms with E-state index in [-0.39, 0.29) is 41.5 Å². The van der Waals surface area contributed by atoms with Gasteiger partial charge in [-0.25, -0.2) is 9.97 Å². The van der Waals surface area contributed by atoms with Crippen LogP contribution in [0.3, 0.4) is 0 Å². The monoisotopic (exact) mass is 448 g/mol. The van der Waals surface area contributed by atoms with E-state index in [2.05, 4.69) is 15.1 Å². The van der Waals surface area contributed by atoms with E-state index in [1.54, 1.807) is 0 Å². The van der Waals surface area contributed by atoms with E-state index < -0.39 is 30.3 Å². The fourth-order valence-electron chi connectivity index (χ4n) is 3.29. The molecular weight excluding hydrogens is 433 g/mol. The molecule has 0 fully saturated rings. The molecule has 166 valence electrons. The fraction of sp³-hybridized carbons (Fsp3) is 0.211. The van der Waals surface area contributed by atoms with Gasteiger partial charge in [0.1, 0.15) is 30.9 Å². The van der Waals surface area contributed by atoms with Crippen molar-refractivity contribution in [3.8, 4) is 17.0 Å². The number of benzene rings is 1. The molecule has 0 unspecified atom stereocenters. The van der Waals surface area contributed by atoms with Crippen molar-refractivity contribution in [3.63, 3.8) is 0 Å². The summed E-state index contributed by atoms with van der Waals surface area (Å²) in [5.41, 5.74) is 4.87. The molecule has 3 aromatic rings. The first kappa shape index (κ1) is 21.1. The van der Waals surface area contributed by atoms with E-state index in [0.29, 0.717) is 10.4 Å². The van der Waals surface area contributed by atoms with Crippen molar-refractivity contribution in [1.29, 1.82) is 0 Å². The van der Waals surface area contributed by atoms with E-state index >= 15 is 0 Å². The van der Waals surface area contributed by atoms with Gasteiger partial charge in [0.25, 0.3) is 5.91 Å². The molecule has 0 saturated heterocycles. The molecule has 0 bridgehead atoms. The number of aliphatic carboxylic acids is 1. The number of halogens is 3. The molecule has 0 spiro atoms. The maximum atomic E-state index is 13.4. The van der Waals surface area contributed by atoms with Gasteiger partial charge in [-0.3, -0.25) is 14.3 Å². The molecule has 32 heavy (non-hydrogen) atoms. The second-order valence-electron chi connectivity index (χ2n) is 6.77. The molecule has 0 radical (unpaired) electrons. The molecule has 10 nitrogen and oxygen atoms in total. The van der Waals surface area contributed by atoms with E-state index in [9.17, 15) is 22.8 Å². The first-order valence-corrected chi connectivity index (χ1v) is 9.17. The number of amides is 1. The van der Waals surface area contributed by atoms with Gasteiger partial charge in [-0.1, -0.05) is 12.1 Å². The summed E-state index contributed by atoms with van der Waals surface area (Å²) >= 11 is 0. The minimum Gasteiger partial charge on any atom is -0.480 e. The zero-order valence-corrected chi connectivity index (χ0v) is 16.2. The van der Waals surface area contributed by atoms with Crippen LogP contribution >= 0.6 is 0 Å². The smallest absolute Gasteiger partial charge is 0.435 e. The SMILES string of the molecule is Nc1ncnc2c1C(=O)N(c1ccc(-c3cn(CC(=O)O)nc3C(F)(F)F)cc1)CCO2. The maximum absolute atomic E-state index is 13.4. The molecule has 0 aliphatic carbocycles. The van der Waals surface area contributed by atoms with Crippen LogP contribution in [-0.2, 0) is 17.5 Å². The number of carboxylic acids is 1. The number of carboxylic acid groups (broad SMARTS) is 1. The summed E-state index contributed by atoms with van der Waals surface area (Å²) in [5, 5.41) is 12.2. The van der Waals surface area contributed by atoms with E-state index in [1.165, 1.54) is 35.5 Å². The van der Waals surface area contributed by atoms with Crippen LogP contribution in [0.4, 0.5) is 24.7 Å². The van der Waals surface area contributed by atoms with Crippen molar-refractivity contribution in [1.82, 2.24) is 19.7 Å². The summed E-state index contributed by atoms with van der Waals surface area (Å²) in [6.07, 6.45) is -2.59. The Kier molecular flexibility index (Phi) is 5.16. The van der Waals surface area contributed by atoms with Crippen LogP contribution in [0.1, 0.15) is 16.1 Å². The molecule has 1 amide bonds. The first-order valence-electron chi connectivity index (χ1n) is 9.17. The topological polar surface area (TPSA) is 136 Å². The minimum atomic E-state index is -4.78. The number of hydrogen-bond acceptors (Lipinski definition) is 7. The van der Waals surface area contributed by atoms with Crippen LogP contribution < -0.4 is 15.4 Å². The molecule has 2 aromatic heterocycles. The molecule has 1 aromatic carbocycles. The second-order valence-corrected chi connectivity index (χ2v) is 6.77. The Morgan fingerprint density at radius 3 is 2.59 bits per heavy atom. The molecule has 0 saturated carbocycles. The van der Waals surface area contributed by atoms with Gasteiger partial charge in [-0.2, -0.15) is 18.3 Å². The van der Waals surface area contributed by atoms with Gasteiger partial charge < -0.3 is 20.5 Å². The summed E-state index contributed by atoms with van der Waals surface area (Å²) < 4.78 is 46.4. The Labute approximate surface area is 178 Å². The van der Waals surface area contributed by atoms with Crippen LogP contribution in [0.15, 0.2) is 36.8 Å². The minimum absolute atomic E-state index is 0.00313. The highest BCUT2D eigenvalue weighted by atomic mass is 19.4. The van der Waals surface area contributed by atoms with Gasteiger partial charge in [0.15, 0.2) is 5.69 Å². The molecule has 3 heterocycles. The van der Waals surface area contributed by atoms with Crippen LogP contribution in [0, 0.1) is 0 Å². The number of carbonyl (C=O) groups excluding carboxylic acids is 1. The normalized spacial score (nSPS) is 14.0. The van der Waals surface area contributed by atoms with E-state index in [4.69, 9.17) is 15.6 Å². The number of aromatic nitrogens is 4. The van der Waals surface area contributed by atoms with E-state index in [1.807, 2.05) is 0 Å². The number of nitrogen functional groups attached to an aromatic ring is 1. The predicted octanol–water partition coefficient (Wildman–Crippen LogP) is 2.06. The quantitative estimate of drug-likeness (QED) is 0.619. The van der Waals surface area contributed by atoms with Crippen molar-refractivity contribution in [2.75, 3.05) is 23.8 Å². The number of nitrogens with two attached hydrogens (primary N) is 1. The largest absolute Gasteiger partial charge is 0.480 e. The number of alkyl halides is 3. The van der Waals surface area contributed by atoms with E-state index in [0.717, 1.165) is 6.20 Å². The maximum Gasteiger partial charge on any atom is 0.435 e. The molecule has 1 aliphatic heterocycles. The molecule has 1 aliphatic rings. The van der Waals surface area contributed by atoms with Crippen molar-refractivity contribution >= 4 is 23.4 Å². The Bertz CT molecular complexity index is 1190. The van der Waals surface area contributed by atoms with Crippen LogP contribution in [0.2, 0.25) is 0 Å². The average Bonchev–Trinajstić information content (AvgIpc) is 3.07. The van der Waals surface area contributed by atoms with Crippen LogP contribution in [0.25, 0.3) is 11.1 Å². The summed E-state index contributed by atoms with van der Waals surface area (Å²) in [6, 6.07) is 5.70. The van der Waals surface area contributed by atoms with Gasteiger partial charge in [-0.05, 0) is 17.7 Å². The average molecular weight is 448 g/mol. The number of carbonyl (C=O) groups is 2. The highest BCUT2D eigenvalue weighted by molar-refractivity contribution is 6.10. The lowest BCUT2D eigenvalue weighted by atomic mass is 10.1. The summed E-state index contributed by atoms with van der Waals surface area (Å²) in [5.74, 6) is -1.83. The number of nitrogens with zero attached hydrogens (tertiary/aromatic N) is 5. The highest BCUT2D eigenvalue weighted by Gasteiger charge is 2.38. The first-order chi connectivity index (χ1) is 15.1. The number of ether oxygens (including phenoxy) is 1. The van der Waals surface area contributed by atoms with Gasteiger partial charge in [0.2, 0.25) is 5.88 Å². The Hall–Kier alpha value is -4.16. The molecule has 0 atom stereocenters. The Balaban J connectivity index is 1.68. The van der Waals surface area contributed by atoms with Crippen molar-refractivity contribution in [2.45, 2.75) is 12.7 Å². The van der Waals surface area contributed by atoms with Gasteiger partial charge >= 0.3 is 12.1 Å². The van der Waals surface area contributed by atoms with Crippen LogP contribution in [0.5, 0.6) is 5.88 Å². The number of rotatable bonds is 4. The van der Waals surface area contributed by atoms with Gasteiger partial charge in [-0.15, -0.1) is 0 Å². The predicted molar refractivity (Wildman–Crippen MR) is 104 cm³/mol.